The summed E-state index contributed by atoms with van der Waals surface area (Å²) in [7, 11) is 0. The van der Waals surface area contributed by atoms with Crippen LogP contribution in [0, 0.1) is 5.92 Å². The highest BCUT2D eigenvalue weighted by molar-refractivity contribution is 5.94. The van der Waals surface area contributed by atoms with Gasteiger partial charge in [-0.1, -0.05) is 43.3 Å². The molecular weight excluding hydrogens is 350 g/mol. The number of hydrogen-bond acceptors (Lipinski definition) is 3. The first-order valence-electron chi connectivity index (χ1n) is 9.61. The Hall–Kier alpha value is -3.21. The molecule has 5 heteroatoms. The number of benzene rings is 1. The van der Waals surface area contributed by atoms with E-state index in [1.807, 2.05) is 29.2 Å². The molecular formula is C23H23N3O2. The summed E-state index contributed by atoms with van der Waals surface area (Å²) < 4.78 is 0. The summed E-state index contributed by atoms with van der Waals surface area (Å²) >= 11 is 0. The van der Waals surface area contributed by atoms with Crippen LogP contribution in [-0.4, -0.2) is 34.8 Å². The molecule has 0 fully saturated rings. The lowest BCUT2D eigenvalue weighted by Gasteiger charge is -2.30. The molecule has 0 saturated heterocycles. The van der Waals surface area contributed by atoms with E-state index in [0.29, 0.717) is 37.7 Å². The van der Waals surface area contributed by atoms with Crippen molar-refractivity contribution in [3.05, 3.63) is 71.4 Å². The Balaban J connectivity index is 1.43. The number of pyridine rings is 1. The van der Waals surface area contributed by atoms with Gasteiger partial charge in [0.05, 0.1) is 0 Å². The fourth-order valence-electron chi connectivity index (χ4n) is 3.76. The number of aryl methyl sites for hydroxylation is 1. The van der Waals surface area contributed by atoms with Gasteiger partial charge in [-0.25, -0.2) is 4.98 Å². The van der Waals surface area contributed by atoms with Crippen molar-refractivity contribution in [3.8, 4) is 0 Å². The molecule has 0 saturated carbocycles. The van der Waals surface area contributed by atoms with E-state index in [-0.39, 0.29) is 11.8 Å². The normalized spacial score (nSPS) is 19.2. The van der Waals surface area contributed by atoms with Gasteiger partial charge in [-0.05, 0) is 46.7 Å². The van der Waals surface area contributed by atoms with Crippen LogP contribution in [0.2, 0.25) is 0 Å². The summed E-state index contributed by atoms with van der Waals surface area (Å²) in [6, 6.07) is 12.3. The molecule has 2 aromatic rings. The number of carbonyl (C=O) groups is 2. The zero-order chi connectivity index (χ0) is 19.5. The van der Waals surface area contributed by atoms with Crippen molar-refractivity contribution < 1.29 is 9.59 Å². The first-order valence-corrected chi connectivity index (χ1v) is 9.61. The molecule has 1 atom stereocenters. The lowest BCUT2D eigenvalue weighted by Crippen LogP contribution is -2.37. The van der Waals surface area contributed by atoms with E-state index in [1.165, 1.54) is 11.1 Å². The molecule has 0 spiro atoms. The van der Waals surface area contributed by atoms with Crippen molar-refractivity contribution in [1.29, 1.82) is 0 Å². The van der Waals surface area contributed by atoms with Crippen molar-refractivity contribution in [2.45, 2.75) is 19.8 Å². The zero-order valence-electron chi connectivity index (χ0n) is 15.9. The van der Waals surface area contributed by atoms with Crippen molar-refractivity contribution in [3.63, 3.8) is 0 Å². The maximum absolute atomic E-state index is 12.6. The van der Waals surface area contributed by atoms with E-state index >= 15 is 0 Å². The van der Waals surface area contributed by atoms with E-state index < -0.39 is 0 Å². The highest BCUT2D eigenvalue weighted by atomic mass is 16.2. The summed E-state index contributed by atoms with van der Waals surface area (Å²) in [6.07, 6.45) is 8.40. The van der Waals surface area contributed by atoms with E-state index in [2.05, 4.69) is 35.4 Å². The highest BCUT2D eigenvalue weighted by Gasteiger charge is 2.22. The minimum absolute atomic E-state index is 0.000569. The molecule has 142 valence electrons. The van der Waals surface area contributed by atoms with Crippen LogP contribution < -0.4 is 5.32 Å². The summed E-state index contributed by atoms with van der Waals surface area (Å²) in [5.74, 6) is 0.924. The van der Waals surface area contributed by atoms with Gasteiger partial charge in [0.15, 0.2) is 0 Å². The third-order valence-electron chi connectivity index (χ3n) is 5.26. The van der Waals surface area contributed by atoms with Crippen LogP contribution in [0.5, 0.6) is 0 Å². The summed E-state index contributed by atoms with van der Waals surface area (Å²) in [6.45, 7) is 3.48. The Morgan fingerprint density at radius 2 is 2.07 bits per heavy atom. The van der Waals surface area contributed by atoms with E-state index in [4.69, 9.17) is 0 Å². The van der Waals surface area contributed by atoms with Gasteiger partial charge in [0.25, 0.3) is 0 Å². The number of aromatic nitrogens is 1. The standard InChI is InChI=1S/C23H23N3O2/c1-16-15-26(12-11-20(16)18-5-3-2-4-6-18)22(28)10-7-17-13-19-8-9-21(27)25-23(19)24-14-17/h2-7,10-11,13-14,16H,8-9,12,15H2,1H3,(H,24,25,27). The van der Waals surface area contributed by atoms with Gasteiger partial charge in [-0.2, -0.15) is 0 Å². The SMILES string of the molecule is CC1CN(C(=O)C=Cc2cnc3c(c2)CCC(=O)N3)CC=C1c1ccccc1. The molecule has 2 aliphatic rings. The average Bonchev–Trinajstić information content (AvgIpc) is 2.72. The summed E-state index contributed by atoms with van der Waals surface area (Å²) in [4.78, 5) is 30.2. The van der Waals surface area contributed by atoms with Crippen LogP contribution in [0.1, 0.15) is 30.0 Å². The summed E-state index contributed by atoms with van der Waals surface area (Å²) in [5.41, 5.74) is 4.41. The van der Waals surface area contributed by atoms with Crippen molar-refractivity contribution in [2.24, 2.45) is 5.92 Å². The number of fused-ring (bicyclic) bond motifs is 1. The molecule has 0 bridgehead atoms. The maximum atomic E-state index is 12.6. The first kappa shape index (κ1) is 18.2. The van der Waals surface area contributed by atoms with E-state index in [0.717, 1.165) is 11.1 Å². The second-order valence-corrected chi connectivity index (χ2v) is 7.33. The smallest absolute Gasteiger partial charge is 0.246 e. The van der Waals surface area contributed by atoms with Crippen molar-refractivity contribution >= 4 is 29.3 Å². The van der Waals surface area contributed by atoms with Crippen LogP contribution in [0.3, 0.4) is 0 Å². The van der Waals surface area contributed by atoms with Crippen LogP contribution in [0.4, 0.5) is 5.82 Å². The molecule has 4 rings (SSSR count). The predicted molar refractivity (Wildman–Crippen MR) is 110 cm³/mol. The molecule has 1 aromatic carbocycles. The number of nitrogens with zero attached hydrogens (tertiary/aromatic N) is 2. The number of amides is 2. The average molecular weight is 373 g/mol. The number of anilines is 1. The third kappa shape index (κ3) is 3.88. The van der Waals surface area contributed by atoms with E-state index in [1.54, 1.807) is 18.3 Å². The molecule has 0 radical (unpaired) electrons. The molecule has 5 nitrogen and oxygen atoms in total. The minimum atomic E-state index is 0.000569. The van der Waals surface area contributed by atoms with Gasteiger partial charge < -0.3 is 10.2 Å². The number of nitrogens with one attached hydrogen (secondary N) is 1. The molecule has 2 amide bonds. The van der Waals surface area contributed by atoms with Crippen molar-refractivity contribution in [2.75, 3.05) is 18.4 Å². The fourth-order valence-corrected chi connectivity index (χ4v) is 3.76. The highest BCUT2D eigenvalue weighted by Crippen LogP contribution is 2.27. The number of rotatable bonds is 3. The number of carbonyl (C=O) groups excluding carboxylic acids is 2. The van der Waals surface area contributed by atoms with Crippen LogP contribution in [-0.2, 0) is 16.0 Å². The van der Waals surface area contributed by atoms with Crippen LogP contribution >= 0.6 is 0 Å². The first-order chi connectivity index (χ1) is 13.6. The van der Waals surface area contributed by atoms with Crippen molar-refractivity contribution in [1.82, 2.24) is 9.88 Å². The zero-order valence-corrected chi connectivity index (χ0v) is 15.9. The molecule has 3 heterocycles. The monoisotopic (exact) mass is 373 g/mol. The Kier molecular flexibility index (Phi) is 5.06. The quantitative estimate of drug-likeness (QED) is 0.837. The van der Waals surface area contributed by atoms with Crippen LogP contribution in [0.15, 0.2) is 54.7 Å². The second-order valence-electron chi connectivity index (χ2n) is 7.33. The largest absolute Gasteiger partial charge is 0.335 e. The predicted octanol–water partition coefficient (Wildman–Crippen LogP) is 3.54. The Morgan fingerprint density at radius 1 is 1.25 bits per heavy atom. The fraction of sp³-hybridized carbons (Fsp3) is 0.261. The molecule has 1 N–H and O–H groups in total. The van der Waals surface area contributed by atoms with E-state index in [9.17, 15) is 9.59 Å². The molecule has 1 unspecified atom stereocenters. The molecule has 0 aliphatic carbocycles. The third-order valence-corrected chi connectivity index (χ3v) is 5.26. The Morgan fingerprint density at radius 3 is 2.86 bits per heavy atom. The van der Waals surface area contributed by atoms with Gasteiger partial charge in [0, 0.05) is 31.8 Å². The number of hydrogen-bond donors (Lipinski definition) is 1. The Bertz CT molecular complexity index is 963. The Labute approximate surface area is 164 Å². The van der Waals surface area contributed by atoms with Gasteiger partial charge in [-0.3, -0.25) is 9.59 Å². The molecule has 28 heavy (non-hydrogen) atoms. The minimum Gasteiger partial charge on any atom is -0.335 e. The van der Waals surface area contributed by atoms with Gasteiger partial charge >= 0.3 is 0 Å². The lowest BCUT2D eigenvalue weighted by molar-refractivity contribution is -0.126. The second kappa shape index (κ2) is 7.80. The maximum Gasteiger partial charge on any atom is 0.246 e. The van der Waals surface area contributed by atoms with Gasteiger partial charge in [0.1, 0.15) is 5.82 Å². The lowest BCUT2D eigenvalue weighted by atomic mass is 9.90. The summed E-state index contributed by atoms with van der Waals surface area (Å²) in [5, 5.41) is 2.77. The topological polar surface area (TPSA) is 62.3 Å². The molecule has 1 aromatic heterocycles. The van der Waals surface area contributed by atoms with Crippen LogP contribution in [0.25, 0.3) is 11.6 Å². The van der Waals surface area contributed by atoms with Gasteiger partial charge in [-0.15, -0.1) is 0 Å². The van der Waals surface area contributed by atoms with Gasteiger partial charge in [0.2, 0.25) is 11.8 Å². The molecule has 2 aliphatic heterocycles.